The third-order valence-electron chi connectivity index (χ3n) is 3.35. The van der Waals surface area contributed by atoms with Crippen LogP contribution in [0.1, 0.15) is 40.2 Å². The predicted molar refractivity (Wildman–Crippen MR) is 66.9 cm³/mol. The molecule has 0 bridgehead atoms. The molecule has 1 heterocycles. The van der Waals surface area contributed by atoms with Gasteiger partial charge in [-0.25, -0.2) is 0 Å². The van der Waals surface area contributed by atoms with Crippen molar-refractivity contribution < 1.29 is 14.3 Å². The molecule has 1 aliphatic carbocycles. The summed E-state index contributed by atoms with van der Waals surface area (Å²) >= 11 is 0. The molecule has 1 aromatic rings. The zero-order chi connectivity index (χ0) is 13.4. The second-order valence-electron chi connectivity index (χ2n) is 4.96. The van der Waals surface area contributed by atoms with Gasteiger partial charge in [0, 0.05) is 0 Å². The number of nitrogens with two attached hydrogens (primary N) is 1. The van der Waals surface area contributed by atoms with E-state index in [0.29, 0.717) is 36.0 Å². The van der Waals surface area contributed by atoms with Gasteiger partial charge in [-0.05, 0) is 36.5 Å². The molecule has 5 heteroatoms. The number of amides is 1. The van der Waals surface area contributed by atoms with Crippen LogP contribution in [-0.2, 0) is 4.74 Å². The largest absolute Gasteiger partial charge is 0.490 e. The van der Waals surface area contributed by atoms with Crippen LogP contribution in [-0.4, -0.2) is 25.2 Å². The van der Waals surface area contributed by atoms with Gasteiger partial charge in [0.2, 0.25) is 0 Å². The molecule has 1 aromatic carbocycles. The topological polar surface area (TPSA) is 88.6 Å². The van der Waals surface area contributed by atoms with E-state index in [1.807, 2.05) is 0 Å². The Labute approximate surface area is 110 Å². The second-order valence-corrected chi connectivity index (χ2v) is 4.96. The Morgan fingerprint density at radius 1 is 1.53 bits per heavy atom. The zero-order valence-electron chi connectivity index (χ0n) is 10.4. The molecular formula is C14H14N2O3. The standard InChI is InChI=1S/C14H14N2O3/c15-5-8-3-11(9-1-2-9)13(12(4-8)14(16)17)19-7-10-6-18-10/h3-4,9-10H,1-2,6-7H2,(H2,16,17). The molecule has 0 spiro atoms. The number of carbonyl (C=O) groups is 1. The lowest BCUT2D eigenvalue weighted by Gasteiger charge is -2.14. The van der Waals surface area contributed by atoms with Gasteiger partial charge in [-0.1, -0.05) is 0 Å². The number of rotatable bonds is 5. The highest BCUT2D eigenvalue weighted by atomic mass is 16.6. The van der Waals surface area contributed by atoms with E-state index < -0.39 is 5.91 Å². The number of primary amides is 1. The van der Waals surface area contributed by atoms with Crippen LogP contribution in [0.5, 0.6) is 5.75 Å². The number of nitriles is 1. The monoisotopic (exact) mass is 258 g/mol. The lowest BCUT2D eigenvalue weighted by atomic mass is 10.0. The van der Waals surface area contributed by atoms with E-state index in [9.17, 15) is 4.79 Å². The minimum absolute atomic E-state index is 0.114. The first-order valence-electron chi connectivity index (χ1n) is 6.31. The average molecular weight is 258 g/mol. The van der Waals surface area contributed by atoms with Crippen molar-refractivity contribution in [3.05, 3.63) is 28.8 Å². The van der Waals surface area contributed by atoms with E-state index in [4.69, 9.17) is 20.5 Å². The minimum atomic E-state index is -0.564. The molecule has 2 fully saturated rings. The van der Waals surface area contributed by atoms with Gasteiger partial charge >= 0.3 is 0 Å². The van der Waals surface area contributed by atoms with Gasteiger partial charge in [0.1, 0.15) is 18.5 Å². The molecule has 3 rings (SSSR count). The van der Waals surface area contributed by atoms with Gasteiger partial charge in [-0.2, -0.15) is 5.26 Å². The van der Waals surface area contributed by atoms with Crippen molar-refractivity contribution in [2.75, 3.05) is 13.2 Å². The predicted octanol–water partition coefficient (Wildman–Crippen LogP) is 1.31. The summed E-state index contributed by atoms with van der Waals surface area (Å²) in [5.74, 6) is 0.344. The van der Waals surface area contributed by atoms with Crippen LogP contribution in [0.25, 0.3) is 0 Å². The molecule has 2 N–H and O–H groups in total. The minimum Gasteiger partial charge on any atom is -0.490 e. The number of hydrogen-bond donors (Lipinski definition) is 1. The number of benzene rings is 1. The van der Waals surface area contributed by atoms with E-state index in [-0.39, 0.29) is 6.10 Å². The molecule has 2 aliphatic rings. The highest BCUT2D eigenvalue weighted by Gasteiger charge is 2.31. The van der Waals surface area contributed by atoms with E-state index >= 15 is 0 Å². The number of epoxide rings is 1. The first-order chi connectivity index (χ1) is 9.19. The highest BCUT2D eigenvalue weighted by molar-refractivity contribution is 5.96. The van der Waals surface area contributed by atoms with Crippen molar-refractivity contribution in [3.8, 4) is 11.8 Å². The van der Waals surface area contributed by atoms with Crippen LogP contribution in [0.3, 0.4) is 0 Å². The summed E-state index contributed by atoms with van der Waals surface area (Å²) in [6.07, 6.45) is 2.23. The Bertz CT molecular complexity index is 569. The van der Waals surface area contributed by atoms with Crippen molar-refractivity contribution in [1.82, 2.24) is 0 Å². The van der Waals surface area contributed by atoms with E-state index in [2.05, 4.69) is 6.07 Å². The van der Waals surface area contributed by atoms with Crippen LogP contribution in [0.15, 0.2) is 12.1 Å². The summed E-state index contributed by atoms with van der Waals surface area (Å²) in [6, 6.07) is 5.36. The normalized spacial score (nSPS) is 20.7. The number of carbonyl (C=O) groups excluding carboxylic acids is 1. The Morgan fingerprint density at radius 3 is 2.79 bits per heavy atom. The lowest BCUT2D eigenvalue weighted by Crippen LogP contribution is -2.16. The summed E-state index contributed by atoms with van der Waals surface area (Å²) in [6.45, 7) is 1.12. The first-order valence-corrected chi connectivity index (χ1v) is 6.31. The molecule has 19 heavy (non-hydrogen) atoms. The smallest absolute Gasteiger partial charge is 0.252 e. The van der Waals surface area contributed by atoms with Gasteiger partial charge in [0.25, 0.3) is 5.91 Å². The lowest BCUT2D eigenvalue weighted by molar-refractivity contribution is 0.0995. The van der Waals surface area contributed by atoms with Crippen molar-refractivity contribution in [1.29, 1.82) is 5.26 Å². The van der Waals surface area contributed by atoms with Gasteiger partial charge in [-0.15, -0.1) is 0 Å². The molecule has 1 unspecified atom stereocenters. The molecule has 0 radical (unpaired) electrons. The molecule has 1 aliphatic heterocycles. The van der Waals surface area contributed by atoms with Gasteiger partial charge < -0.3 is 15.2 Å². The first kappa shape index (κ1) is 12.0. The fourth-order valence-corrected chi connectivity index (χ4v) is 2.10. The Balaban J connectivity index is 2.00. The van der Waals surface area contributed by atoms with Crippen molar-refractivity contribution >= 4 is 5.91 Å². The van der Waals surface area contributed by atoms with Crippen LogP contribution in [0.4, 0.5) is 0 Å². The summed E-state index contributed by atoms with van der Waals surface area (Å²) < 4.78 is 10.8. The second kappa shape index (κ2) is 4.56. The molecule has 98 valence electrons. The average Bonchev–Trinajstić information content (AvgIpc) is 3.28. The van der Waals surface area contributed by atoms with Gasteiger partial charge in [0.05, 0.1) is 23.8 Å². The van der Waals surface area contributed by atoms with Crippen molar-refractivity contribution in [3.63, 3.8) is 0 Å². The molecular weight excluding hydrogens is 244 g/mol. The zero-order valence-corrected chi connectivity index (χ0v) is 10.4. The Morgan fingerprint density at radius 2 is 2.26 bits per heavy atom. The SMILES string of the molecule is N#Cc1cc(C(N)=O)c(OCC2CO2)c(C2CC2)c1. The molecule has 1 amide bonds. The third-order valence-corrected chi connectivity index (χ3v) is 3.35. The number of ether oxygens (including phenoxy) is 2. The molecule has 1 atom stereocenters. The van der Waals surface area contributed by atoms with E-state index in [1.165, 1.54) is 6.07 Å². The van der Waals surface area contributed by atoms with Crippen LogP contribution in [0.2, 0.25) is 0 Å². The van der Waals surface area contributed by atoms with Crippen LogP contribution in [0, 0.1) is 11.3 Å². The van der Waals surface area contributed by atoms with Crippen LogP contribution < -0.4 is 10.5 Å². The maximum absolute atomic E-state index is 11.5. The summed E-state index contributed by atoms with van der Waals surface area (Å²) in [4.78, 5) is 11.5. The highest BCUT2D eigenvalue weighted by Crippen LogP contribution is 2.46. The molecule has 1 saturated heterocycles. The van der Waals surface area contributed by atoms with Gasteiger partial charge in [-0.3, -0.25) is 4.79 Å². The Kier molecular flexibility index (Phi) is 2.88. The van der Waals surface area contributed by atoms with Crippen LogP contribution >= 0.6 is 0 Å². The number of hydrogen-bond acceptors (Lipinski definition) is 4. The molecule has 0 aromatic heterocycles. The van der Waals surface area contributed by atoms with E-state index in [1.54, 1.807) is 6.07 Å². The van der Waals surface area contributed by atoms with Gasteiger partial charge in [0.15, 0.2) is 0 Å². The van der Waals surface area contributed by atoms with Crippen molar-refractivity contribution in [2.24, 2.45) is 5.73 Å². The molecule has 1 saturated carbocycles. The summed E-state index contributed by atoms with van der Waals surface area (Å²) in [5, 5.41) is 9.03. The summed E-state index contributed by atoms with van der Waals surface area (Å²) in [7, 11) is 0. The quantitative estimate of drug-likeness (QED) is 0.806. The fourth-order valence-electron chi connectivity index (χ4n) is 2.10. The van der Waals surface area contributed by atoms with Crippen molar-refractivity contribution in [2.45, 2.75) is 24.9 Å². The third kappa shape index (κ3) is 2.54. The maximum atomic E-state index is 11.5. The summed E-state index contributed by atoms with van der Waals surface area (Å²) in [5.41, 5.74) is 7.06. The Hall–Kier alpha value is -2.06. The molecule has 5 nitrogen and oxygen atoms in total. The van der Waals surface area contributed by atoms with E-state index in [0.717, 1.165) is 18.4 Å². The maximum Gasteiger partial charge on any atom is 0.252 e. The number of nitrogens with zero attached hydrogens (tertiary/aromatic N) is 1. The fraction of sp³-hybridized carbons (Fsp3) is 0.429.